The first-order chi connectivity index (χ1) is 11.6. The zero-order valence-electron chi connectivity index (χ0n) is 14.6. The van der Waals surface area contributed by atoms with Crippen molar-refractivity contribution in [2.45, 2.75) is 51.2 Å². The third-order valence-electron chi connectivity index (χ3n) is 5.02. The first-order valence-electron chi connectivity index (χ1n) is 8.78. The van der Waals surface area contributed by atoms with Gasteiger partial charge in [-0.1, -0.05) is 16.8 Å². The van der Waals surface area contributed by atoms with Gasteiger partial charge in [-0.25, -0.2) is 0 Å². The van der Waals surface area contributed by atoms with E-state index >= 15 is 0 Å². The fourth-order valence-corrected chi connectivity index (χ4v) is 3.49. The molecule has 2 aliphatic rings. The van der Waals surface area contributed by atoms with Gasteiger partial charge in [0.25, 0.3) is 5.91 Å². The van der Waals surface area contributed by atoms with Crippen LogP contribution >= 0.6 is 0 Å². The molecule has 0 radical (unpaired) electrons. The molecule has 132 valence electrons. The van der Waals surface area contributed by atoms with Crippen molar-refractivity contribution in [2.75, 3.05) is 26.2 Å². The second-order valence-electron chi connectivity index (χ2n) is 7.14. The number of hydrogen-bond acceptors (Lipinski definition) is 5. The topological polar surface area (TPSA) is 67.6 Å². The number of amides is 1. The largest absolute Gasteiger partial charge is 0.370 e. The highest BCUT2D eigenvalue weighted by molar-refractivity contribution is 5.91. The molecule has 0 bridgehead atoms. The molecular weight excluding hydrogens is 306 g/mol. The minimum Gasteiger partial charge on any atom is -0.370 e. The van der Waals surface area contributed by atoms with Crippen LogP contribution in [0.25, 0.3) is 0 Å². The van der Waals surface area contributed by atoms with Gasteiger partial charge < -0.3 is 14.6 Å². The highest BCUT2D eigenvalue weighted by Crippen LogP contribution is 2.38. The Morgan fingerprint density at radius 3 is 2.88 bits per heavy atom. The lowest BCUT2D eigenvalue weighted by molar-refractivity contribution is -0.0741. The van der Waals surface area contributed by atoms with Crippen molar-refractivity contribution in [1.29, 1.82) is 0 Å². The summed E-state index contributed by atoms with van der Waals surface area (Å²) in [5.41, 5.74) is 1.70. The van der Waals surface area contributed by atoms with E-state index in [2.05, 4.69) is 35.3 Å². The van der Waals surface area contributed by atoms with Gasteiger partial charge in [-0.15, -0.1) is 0 Å². The maximum absolute atomic E-state index is 11.9. The van der Waals surface area contributed by atoms with Gasteiger partial charge in [0.15, 0.2) is 5.69 Å². The smallest absolute Gasteiger partial charge is 0.273 e. The summed E-state index contributed by atoms with van der Waals surface area (Å²) in [6.07, 6.45) is 8.05. The lowest BCUT2D eigenvalue weighted by atomic mass is 9.88. The molecule has 3 rings (SSSR count). The van der Waals surface area contributed by atoms with Crippen molar-refractivity contribution < 1.29 is 14.1 Å². The van der Waals surface area contributed by atoms with E-state index in [0.29, 0.717) is 12.2 Å². The molecule has 1 atom stereocenters. The van der Waals surface area contributed by atoms with Crippen LogP contribution in [0.4, 0.5) is 0 Å². The molecule has 2 aliphatic heterocycles. The van der Waals surface area contributed by atoms with E-state index in [-0.39, 0.29) is 17.6 Å². The fourth-order valence-electron chi connectivity index (χ4n) is 3.49. The molecule has 0 aliphatic carbocycles. The zero-order chi connectivity index (χ0) is 17.0. The Kier molecular flexibility index (Phi) is 5.36. The zero-order valence-corrected chi connectivity index (χ0v) is 14.6. The number of nitrogens with one attached hydrogen (secondary N) is 1. The Bertz CT molecular complexity index is 570. The van der Waals surface area contributed by atoms with Crippen LogP contribution in [0.5, 0.6) is 0 Å². The van der Waals surface area contributed by atoms with Gasteiger partial charge >= 0.3 is 0 Å². The quantitative estimate of drug-likeness (QED) is 0.838. The van der Waals surface area contributed by atoms with Crippen molar-refractivity contribution >= 4 is 5.91 Å². The maximum atomic E-state index is 11.9. The molecule has 1 aromatic heterocycles. The first-order valence-corrected chi connectivity index (χ1v) is 8.78. The molecule has 2 saturated heterocycles. The van der Waals surface area contributed by atoms with Crippen LogP contribution in [0, 0.1) is 0 Å². The molecule has 0 saturated carbocycles. The average Bonchev–Trinajstić information content (AvgIpc) is 3.23. The Morgan fingerprint density at radius 2 is 2.21 bits per heavy atom. The van der Waals surface area contributed by atoms with E-state index in [0.717, 1.165) is 45.3 Å². The lowest BCUT2D eigenvalue weighted by Crippen LogP contribution is -2.45. The number of carbonyl (C=O) groups is 1. The summed E-state index contributed by atoms with van der Waals surface area (Å²) in [5.74, 6) is -0.204. The van der Waals surface area contributed by atoms with Crippen LogP contribution in [0.3, 0.4) is 0 Å². The summed E-state index contributed by atoms with van der Waals surface area (Å²) in [4.78, 5) is 14.4. The van der Waals surface area contributed by atoms with Crippen molar-refractivity contribution in [1.82, 2.24) is 15.4 Å². The summed E-state index contributed by atoms with van der Waals surface area (Å²) in [5, 5.41) is 6.53. The van der Waals surface area contributed by atoms with Crippen LogP contribution in [-0.2, 0) is 4.74 Å². The summed E-state index contributed by atoms with van der Waals surface area (Å²) in [6.45, 7) is 8.03. The molecule has 6 heteroatoms. The number of carbonyl (C=O) groups excluding carboxylic acids is 1. The second-order valence-corrected chi connectivity index (χ2v) is 7.14. The summed E-state index contributed by atoms with van der Waals surface area (Å²) < 4.78 is 11.0. The van der Waals surface area contributed by atoms with Gasteiger partial charge in [0, 0.05) is 32.2 Å². The average molecular weight is 333 g/mol. The van der Waals surface area contributed by atoms with E-state index in [1.807, 2.05) is 0 Å². The van der Waals surface area contributed by atoms with E-state index in [1.54, 1.807) is 6.07 Å². The number of piperidine rings is 1. The molecule has 2 fully saturated rings. The van der Waals surface area contributed by atoms with Gasteiger partial charge in [-0.2, -0.15) is 0 Å². The van der Waals surface area contributed by atoms with E-state index < -0.39 is 0 Å². The molecule has 24 heavy (non-hydrogen) atoms. The molecule has 0 aromatic carbocycles. The van der Waals surface area contributed by atoms with Gasteiger partial charge in [0.1, 0.15) is 6.26 Å². The maximum Gasteiger partial charge on any atom is 0.273 e. The number of aromatic nitrogens is 1. The van der Waals surface area contributed by atoms with Crippen LogP contribution in [0.1, 0.15) is 50.0 Å². The minimum absolute atomic E-state index is 0.0186. The van der Waals surface area contributed by atoms with E-state index in [4.69, 9.17) is 9.26 Å². The van der Waals surface area contributed by atoms with Crippen molar-refractivity contribution in [3.63, 3.8) is 0 Å². The number of hydrogen-bond donors (Lipinski definition) is 1. The Hall–Kier alpha value is -1.66. The number of ether oxygens (including phenoxy) is 1. The first kappa shape index (κ1) is 17.2. The molecule has 0 unspecified atom stereocenters. The van der Waals surface area contributed by atoms with Gasteiger partial charge in [0.05, 0.1) is 11.7 Å². The van der Waals surface area contributed by atoms with Crippen LogP contribution in [-0.4, -0.2) is 53.8 Å². The minimum atomic E-state index is -0.204. The molecular formula is C18H27N3O3. The third kappa shape index (κ3) is 4.24. The second kappa shape index (κ2) is 7.49. The summed E-state index contributed by atoms with van der Waals surface area (Å²) in [7, 11) is 0. The molecule has 1 amide bonds. The number of allylic oxidation sites excluding steroid dienone is 1. The molecule has 6 nitrogen and oxygen atoms in total. The molecule has 1 spiro atoms. The molecule has 1 aromatic rings. The predicted octanol–water partition coefficient (Wildman–Crippen LogP) is 2.38. The number of likely N-dealkylation sites (tertiary alicyclic amines) is 1. The standard InChI is InChI=1S/C18H27N3O3/c1-14(2)4-9-21-10-7-18(8-11-21)6-3-15(24-18)13-19-17(22)16-5-12-23-20-16/h4-5,12,15H,3,6-11,13H2,1-2H3,(H,19,22)/t15-/m0/s1. The summed E-state index contributed by atoms with van der Waals surface area (Å²) >= 11 is 0. The third-order valence-corrected chi connectivity index (χ3v) is 5.02. The van der Waals surface area contributed by atoms with Gasteiger partial charge in [-0.05, 0) is 39.5 Å². The number of rotatable bonds is 5. The van der Waals surface area contributed by atoms with Crippen molar-refractivity contribution in [3.05, 3.63) is 29.7 Å². The fraction of sp³-hybridized carbons (Fsp3) is 0.667. The molecule has 3 heterocycles. The van der Waals surface area contributed by atoms with Crippen LogP contribution < -0.4 is 5.32 Å². The molecule has 1 N–H and O–H groups in total. The van der Waals surface area contributed by atoms with Crippen LogP contribution in [0.2, 0.25) is 0 Å². The Morgan fingerprint density at radius 1 is 1.42 bits per heavy atom. The van der Waals surface area contributed by atoms with E-state index in [9.17, 15) is 4.79 Å². The highest BCUT2D eigenvalue weighted by Gasteiger charge is 2.42. The number of nitrogens with zero attached hydrogens (tertiary/aromatic N) is 2. The SMILES string of the molecule is CC(C)=CCN1CCC2(CC[C@@H](CNC(=O)c3ccon3)O2)CC1. The van der Waals surface area contributed by atoms with Crippen LogP contribution in [0.15, 0.2) is 28.5 Å². The Balaban J connectivity index is 1.42. The Labute approximate surface area is 143 Å². The van der Waals surface area contributed by atoms with E-state index in [1.165, 1.54) is 11.8 Å². The van der Waals surface area contributed by atoms with Crippen molar-refractivity contribution in [2.24, 2.45) is 0 Å². The predicted molar refractivity (Wildman–Crippen MR) is 90.8 cm³/mol. The summed E-state index contributed by atoms with van der Waals surface area (Å²) in [6, 6.07) is 1.56. The van der Waals surface area contributed by atoms with Gasteiger partial charge in [-0.3, -0.25) is 9.69 Å². The van der Waals surface area contributed by atoms with Crippen molar-refractivity contribution in [3.8, 4) is 0 Å². The lowest BCUT2D eigenvalue weighted by Gasteiger charge is -2.39. The van der Waals surface area contributed by atoms with Gasteiger partial charge in [0.2, 0.25) is 0 Å². The normalized spacial score (nSPS) is 23.3. The highest BCUT2D eigenvalue weighted by atomic mass is 16.5. The monoisotopic (exact) mass is 333 g/mol.